The number of benzene rings is 2. The van der Waals surface area contributed by atoms with Crippen molar-refractivity contribution in [1.29, 1.82) is 0 Å². The van der Waals surface area contributed by atoms with Crippen LogP contribution >= 0.6 is 0 Å². The number of hydrogen-bond donors (Lipinski definition) is 0. The number of hydrogen-bond acceptors (Lipinski definition) is 5. The van der Waals surface area contributed by atoms with E-state index >= 15 is 0 Å². The number of nitrogens with zero attached hydrogens (tertiary/aromatic N) is 2. The number of fused-ring (bicyclic) bond motifs is 1. The molecule has 0 aliphatic rings. The Morgan fingerprint density at radius 2 is 1.87 bits per heavy atom. The molecule has 0 bridgehead atoms. The predicted octanol–water partition coefficient (Wildman–Crippen LogP) is 3.02. The van der Waals surface area contributed by atoms with Crippen LogP contribution in [0.15, 0.2) is 47.5 Å². The van der Waals surface area contributed by atoms with Crippen LogP contribution in [0, 0.1) is 6.92 Å². The summed E-state index contributed by atoms with van der Waals surface area (Å²) < 4.78 is 28.9. The lowest BCUT2D eigenvalue weighted by Gasteiger charge is -2.12. The Hall–Kier alpha value is -2.47. The van der Waals surface area contributed by atoms with Crippen molar-refractivity contribution in [1.82, 2.24) is 9.97 Å². The maximum absolute atomic E-state index is 11.7. The Morgan fingerprint density at radius 1 is 1.09 bits per heavy atom. The first-order chi connectivity index (χ1) is 10.9. The van der Waals surface area contributed by atoms with E-state index in [2.05, 4.69) is 9.97 Å². The zero-order chi connectivity index (χ0) is 16.6. The first-order valence-electron chi connectivity index (χ1n) is 7.01. The summed E-state index contributed by atoms with van der Waals surface area (Å²) >= 11 is 0. The van der Waals surface area contributed by atoms with Gasteiger partial charge in [0, 0.05) is 29.0 Å². The smallest absolute Gasteiger partial charge is 0.175 e. The monoisotopic (exact) mass is 328 g/mol. The van der Waals surface area contributed by atoms with Gasteiger partial charge in [-0.3, -0.25) is 0 Å². The largest absolute Gasteiger partial charge is 0.496 e. The van der Waals surface area contributed by atoms with Crippen LogP contribution in [0.5, 0.6) is 5.75 Å². The Bertz CT molecular complexity index is 998. The first kappa shape index (κ1) is 15.4. The molecule has 3 aromatic rings. The number of aryl methyl sites for hydroxylation is 1. The molecule has 1 heterocycles. The molecule has 0 fully saturated rings. The van der Waals surface area contributed by atoms with E-state index in [1.54, 1.807) is 18.3 Å². The Balaban J connectivity index is 2.29. The van der Waals surface area contributed by atoms with Gasteiger partial charge in [-0.05, 0) is 25.1 Å². The van der Waals surface area contributed by atoms with Crippen LogP contribution in [0.2, 0.25) is 0 Å². The average Bonchev–Trinajstić information content (AvgIpc) is 2.52. The molecule has 0 radical (unpaired) electrons. The summed E-state index contributed by atoms with van der Waals surface area (Å²) in [5, 5.41) is 0.919. The summed E-state index contributed by atoms with van der Waals surface area (Å²) in [6.07, 6.45) is 2.95. The molecule has 6 heteroatoms. The van der Waals surface area contributed by atoms with Gasteiger partial charge in [0.05, 0.1) is 17.5 Å². The van der Waals surface area contributed by atoms with Crippen LogP contribution < -0.4 is 4.74 Å². The molecule has 23 heavy (non-hydrogen) atoms. The minimum Gasteiger partial charge on any atom is -0.496 e. The molecule has 0 aliphatic carbocycles. The van der Waals surface area contributed by atoms with Crippen LogP contribution in [-0.4, -0.2) is 31.8 Å². The normalized spacial score (nSPS) is 11.6. The van der Waals surface area contributed by atoms with Crippen LogP contribution in [-0.2, 0) is 9.84 Å². The molecule has 0 spiro atoms. The van der Waals surface area contributed by atoms with Crippen molar-refractivity contribution in [3.8, 4) is 16.9 Å². The third kappa shape index (κ3) is 2.90. The van der Waals surface area contributed by atoms with Crippen molar-refractivity contribution in [2.45, 2.75) is 11.8 Å². The van der Waals surface area contributed by atoms with E-state index in [0.717, 1.165) is 22.0 Å². The third-order valence-corrected chi connectivity index (χ3v) is 4.73. The van der Waals surface area contributed by atoms with E-state index in [1.165, 1.54) is 19.4 Å². The van der Waals surface area contributed by atoms with Gasteiger partial charge in [-0.2, -0.15) is 0 Å². The molecule has 0 aliphatic heterocycles. The highest BCUT2D eigenvalue weighted by molar-refractivity contribution is 7.90. The lowest BCUT2D eigenvalue weighted by Crippen LogP contribution is -1.99. The minimum absolute atomic E-state index is 0.226. The zero-order valence-corrected chi connectivity index (χ0v) is 13.9. The fourth-order valence-corrected chi connectivity index (χ4v) is 3.12. The molecular formula is C17H16N2O3S. The summed E-state index contributed by atoms with van der Waals surface area (Å²) in [4.78, 5) is 8.95. The Kier molecular flexibility index (Phi) is 3.77. The highest BCUT2D eigenvalue weighted by atomic mass is 32.2. The van der Waals surface area contributed by atoms with Gasteiger partial charge < -0.3 is 4.74 Å². The molecule has 0 N–H and O–H groups in total. The molecule has 1 aromatic heterocycles. The first-order valence-corrected chi connectivity index (χ1v) is 8.90. The lowest BCUT2D eigenvalue weighted by atomic mass is 10.0. The third-order valence-electron chi connectivity index (χ3n) is 3.62. The fraction of sp³-hybridized carbons (Fsp3) is 0.176. The fourth-order valence-electron chi connectivity index (χ4n) is 2.49. The minimum atomic E-state index is -3.29. The number of rotatable bonds is 3. The highest BCUT2D eigenvalue weighted by Crippen LogP contribution is 2.35. The second kappa shape index (κ2) is 5.62. The predicted molar refractivity (Wildman–Crippen MR) is 89.4 cm³/mol. The van der Waals surface area contributed by atoms with Gasteiger partial charge in [-0.15, -0.1) is 0 Å². The van der Waals surface area contributed by atoms with E-state index < -0.39 is 9.84 Å². The maximum atomic E-state index is 11.7. The number of methoxy groups -OCH3 is 1. The van der Waals surface area contributed by atoms with Gasteiger partial charge in [0.2, 0.25) is 0 Å². The molecule has 0 saturated carbocycles. The molecular weight excluding hydrogens is 312 g/mol. The summed E-state index contributed by atoms with van der Waals surface area (Å²) in [5.41, 5.74) is 2.49. The zero-order valence-electron chi connectivity index (χ0n) is 13.1. The van der Waals surface area contributed by atoms with Crippen LogP contribution in [0.4, 0.5) is 0 Å². The number of ether oxygens (including phenoxy) is 1. The lowest BCUT2D eigenvalue weighted by molar-refractivity contribution is 0.415. The van der Waals surface area contributed by atoms with Crippen molar-refractivity contribution in [2.75, 3.05) is 13.4 Å². The van der Waals surface area contributed by atoms with Crippen molar-refractivity contribution in [3.63, 3.8) is 0 Å². The molecule has 0 unspecified atom stereocenters. The van der Waals surface area contributed by atoms with E-state index in [4.69, 9.17) is 4.74 Å². The Morgan fingerprint density at radius 3 is 2.57 bits per heavy atom. The maximum Gasteiger partial charge on any atom is 0.175 e. The molecule has 5 nitrogen and oxygen atoms in total. The Labute approximate surface area is 134 Å². The van der Waals surface area contributed by atoms with Gasteiger partial charge in [0.1, 0.15) is 11.6 Å². The molecule has 0 saturated heterocycles. The number of para-hydroxylation sites is 1. The SMILES string of the molecule is COc1cc(S(C)(=O)=O)ccc1-c1cccc2cnc(C)nc12. The number of aromatic nitrogens is 2. The molecule has 118 valence electrons. The second-order valence-corrected chi connectivity index (χ2v) is 7.31. The summed E-state index contributed by atoms with van der Waals surface area (Å²) in [5.74, 6) is 1.17. The van der Waals surface area contributed by atoms with Crippen molar-refractivity contribution < 1.29 is 13.2 Å². The van der Waals surface area contributed by atoms with Gasteiger partial charge >= 0.3 is 0 Å². The van der Waals surface area contributed by atoms with Gasteiger partial charge in [-0.1, -0.05) is 18.2 Å². The molecule has 2 aromatic carbocycles. The van der Waals surface area contributed by atoms with E-state index in [-0.39, 0.29) is 4.90 Å². The van der Waals surface area contributed by atoms with Gasteiger partial charge in [-0.25, -0.2) is 18.4 Å². The van der Waals surface area contributed by atoms with E-state index in [9.17, 15) is 8.42 Å². The van der Waals surface area contributed by atoms with Gasteiger partial charge in [0.15, 0.2) is 9.84 Å². The molecule has 0 atom stereocenters. The van der Waals surface area contributed by atoms with Gasteiger partial charge in [0.25, 0.3) is 0 Å². The number of sulfone groups is 1. The highest BCUT2D eigenvalue weighted by Gasteiger charge is 2.15. The quantitative estimate of drug-likeness (QED) is 0.739. The summed E-state index contributed by atoms with van der Waals surface area (Å²) in [6.45, 7) is 1.83. The van der Waals surface area contributed by atoms with Crippen LogP contribution in [0.25, 0.3) is 22.0 Å². The van der Waals surface area contributed by atoms with E-state index in [1.807, 2.05) is 25.1 Å². The molecule has 0 amide bonds. The average molecular weight is 328 g/mol. The topological polar surface area (TPSA) is 69.2 Å². The second-order valence-electron chi connectivity index (χ2n) is 5.29. The molecule has 3 rings (SSSR count). The van der Waals surface area contributed by atoms with Crippen molar-refractivity contribution in [2.24, 2.45) is 0 Å². The standard InChI is InChI=1S/C17H16N2O3S/c1-11-18-10-12-5-4-6-15(17(12)19-11)14-8-7-13(23(3,20)21)9-16(14)22-2/h4-10H,1-3H3. The van der Waals surface area contributed by atoms with Crippen LogP contribution in [0.1, 0.15) is 5.82 Å². The summed E-state index contributed by atoms with van der Waals surface area (Å²) in [6, 6.07) is 10.7. The van der Waals surface area contributed by atoms with Crippen LogP contribution in [0.3, 0.4) is 0 Å². The van der Waals surface area contributed by atoms with E-state index in [0.29, 0.717) is 11.6 Å². The van der Waals surface area contributed by atoms with Crippen molar-refractivity contribution in [3.05, 3.63) is 48.4 Å². The summed E-state index contributed by atoms with van der Waals surface area (Å²) in [7, 11) is -1.77. The van der Waals surface area contributed by atoms with Crippen molar-refractivity contribution >= 4 is 20.7 Å².